The van der Waals surface area contributed by atoms with Gasteiger partial charge in [-0.2, -0.15) is 0 Å². The lowest BCUT2D eigenvalue weighted by Crippen LogP contribution is -2.27. The number of aliphatic carboxylic acids is 1. The fraction of sp³-hybridized carbons (Fsp3) is 0.263. The van der Waals surface area contributed by atoms with Gasteiger partial charge in [0.1, 0.15) is 11.7 Å². The molecule has 0 aliphatic carbocycles. The molecule has 6 heteroatoms. The molecule has 128 valence electrons. The van der Waals surface area contributed by atoms with Crippen LogP contribution in [-0.4, -0.2) is 37.2 Å². The smallest absolute Gasteiger partial charge is 0.313 e. The Balaban J connectivity index is 1.66. The van der Waals surface area contributed by atoms with E-state index in [1.807, 2.05) is 42.5 Å². The molecule has 2 unspecified atom stereocenters. The second kappa shape index (κ2) is 6.12. The number of hydrogen-bond donors (Lipinski definition) is 1. The molecule has 0 amide bonds. The molecule has 0 spiro atoms. The van der Waals surface area contributed by atoms with Crippen LogP contribution in [0.2, 0.25) is 0 Å². The number of ether oxygens (including phenoxy) is 3. The van der Waals surface area contributed by atoms with Crippen molar-refractivity contribution < 1.29 is 24.1 Å². The van der Waals surface area contributed by atoms with E-state index >= 15 is 0 Å². The van der Waals surface area contributed by atoms with Gasteiger partial charge in [0.2, 0.25) is 6.79 Å². The van der Waals surface area contributed by atoms with Gasteiger partial charge in [-0.1, -0.05) is 6.07 Å². The standard InChI is InChI=1S/C19H17NO5/c1-23-13-5-2-11(3-6-13)18-17(19(21)22)14(9-20-18)12-4-7-15-16(8-12)25-10-24-15/h2-8,14,17H,9-10H2,1H3,(H,21,22). The molecule has 1 N–H and O–H groups in total. The summed E-state index contributed by atoms with van der Waals surface area (Å²) in [6, 6.07) is 12.9. The van der Waals surface area contributed by atoms with Gasteiger partial charge in [0.15, 0.2) is 11.5 Å². The third-order valence-electron chi connectivity index (χ3n) is 4.63. The summed E-state index contributed by atoms with van der Waals surface area (Å²) in [5.41, 5.74) is 2.29. The summed E-state index contributed by atoms with van der Waals surface area (Å²) < 4.78 is 15.9. The zero-order chi connectivity index (χ0) is 17.4. The zero-order valence-corrected chi connectivity index (χ0v) is 13.6. The van der Waals surface area contributed by atoms with Crippen LogP contribution in [0.3, 0.4) is 0 Å². The predicted octanol–water partition coefficient (Wildman–Crippen LogP) is 2.71. The van der Waals surface area contributed by atoms with E-state index in [1.165, 1.54) is 0 Å². The highest BCUT2D eigenvalue weighted by atomic mass is 16.7. The zero-order valence-electron chi connectivity index (χ0n) is 13.6. The number of benzene rings is 2. The maximum absolute atomic E-state index is 12.0. The Morgan fingerprint density at radius 3 is 2.64 bits per heavy atom. The summed E-state index contributed by atoms with van der Waals surface area (Å²) in [7, 11) is 1.60. The van der Waals surface area contributed by atoms with Gasteiger partial charge >= 0.3 is 5.97 Å². The molecule has 0 saturated heterocycles. The highest BCUT2D eigenvalue weighted by Gasteiger charge is 2.39. The van der Waals surface area contributed by atoms with Crippen molar-refractivity contribution in [1.29, 1.82) is 0 Å². The van der Waals surface area contributed by atoms with E-state index in [1.54, 1.807) is 7.11 Å². The molecular formula is C19H17NO5. The Morgan fingerprint density at radius 2 is 1.92 bits per heavy atom. The van der Waals surface area contributed by atoms with Gasteiger partial charge < -0.3 is 19.3 Å². The molecule has 25 heavy (non-hydrogen) atoms. The average molecular weight is 339 g/mol. The Kier molecular flexibility index (Phi) is 3.80. The third kappa shape index (κ3) is 2.69. The SMILES string of the molecule is COc1ccc(C2=NCC(c3ccc4c(c3)OCO4)C2C(=O)O)cc1. The van der Waals surface area contributed by atoms with Crippen LogP contribution in [0.4, 0.5) is 0 Å². The minimum absolute atomic E-state index is 0.194. The number of rotatable bonds is 4. The van der Waals surface area contributed by atoms with E-state index in [2.05, 4.69) is 4.99 Å². The van der Waals surface area contributed by atoms with Gasteiger partial charge in [0.25, 0.3) is 0 Å². The lowest BCUT2D eigenvalue weighted by Gasteiger charge is -2.18. The summed E-state index contributed by atoms with van der Waals surface area (Å²) in [5, 5.41) is 9.81. The lowest BCUT2D eigenvalue weighted by molar-refractivity contribution is -0.139. The van der Waals surface area contributed by atoms with Crippen LogP contribution >= 0.6 is 0 Å². The van der Waals surface area contributed by atoms with Gasteiger partial charge in [0, 0.05) is 12.5 Å². The topological polar surface area (TPSA) is 77.3 Å². The molecule has 2 aromatic carbocycles. The average Bonchev–Trinajstić information content (AvgIpc) is 3.27. The van der Waals surface area contributed by atoms with E-state index in [9.17, 15) is 9.90 Å². The van der Waals surface area contributed by atoms with Gasteiger partial charge in [-0.15, -0.1) is 0 Å². The number of aliphatic imine (C=N–C) groups is 1. The molecule has 2 aromatic rings. The lowest BCUT2D eigenvalue weighted by atomic mass is 9.83. The minimum atomic E-state index is -0.880. The molecule has 0 radical (unpaired) electrons. The van der Waals surface area contributed by atoms with Gasteiger partial charge in [-0.3, -0.25) is 9.79 Å². The molecule has 2 aliphatic heterocycles. The molecule has 2 heterocycles. The molecule has 0 fully saturated rings. The second-order valence-corrected chi connectivity index (χ2v) is 5.99. The monoisotopic (exact) mass is 339 g/mol. The molecule has 2 aliphatic rings. The van der Waals surface area contributed by atoms with Crippen molar-refractivity contribution in [3.63, 3.8) is 0 Å². The van der Waals surface area contributed by atoms with Crippen LogP contribution < -0.4 is 14.2 Å². The third-order valence-corrected chi connectivity index (χ3v) is 4.63. The van der Waals surface area contributed by atoms with Crippen molar-refractivity contribution >= 4 is 11.7 Å². The number of nitrogens with zero attached hydrogens (tertiary/aromatic N) is 1. The Morgan fingerprint density at radius 1 is 1.16 bits per heavy atom. The van der Waals surface area contributed by atoms with E-state index in [0.717, 1.165) is 16.9 Å². The summed E-state index contributed by atoms with van der Waals surface area (Å²) in [6.07, 6.45) is 0. The summed E-state index contributed by atoms with van der Waals surface area (Å²) in [5.74, 6) is 0.249. The normalized spacial score (nSPS) is 21.1. The van der Waals surface area contributed by atoms with Gasteiger partial charge in [0.05, 0.1) is 12.8 Å². The molecule has 0 aromatic heterocycles. The first-order valence-electron chi connectivity index (χ1n) is 7.98. The minimum Gasteiger partial charge on any atom is -0.497 e. The van der Waals surface area contributed by atoms with Crippen LogP contribution in [0.1, 0.15) is 17.0 Å². The van der Waals surface area contributed by atoms with Crippen LogP contribution in [0, 0.1) is 5.92 Å². The Bertz CT molecular complexity index is 843. The fourth-order valence-corrected chi connectivity index (χ4v) is 3.35. The highest BCUT2D eigenvalue weighted by molar-refractivity contribution is 6.13. The van der Waals surface area contributed by atoms with Crippen molar-refractivity contribution in [2.75, 3.05) is 20.4 Å². The van der Waals surface area contributed by atoms with E-state index in [0.29, 0.717) is 23.8 Å². The molecule has 0 saturated carbocycles. The van der Waals surface area contributed by atoms with Crippen LogP contribution in [0.5, 0.6) is 17.2 Å². The van der Waals surface area contributed by atoms with Crippen molar-refractivity contribution in [2.45, 2.75) is 5.92 Å². The first kappa shape index (κ1) is 15.5. The number of hydrogen-bond acceptors (Lipinski definition) is 5. The predicted molar refractivity (Wildman–Crippen MR) is 90.8 cm³/mol. The largest absolute Gasteiger partial charge is 0.497 e. The van der Waals surface area contributed by atoms with Crippen molar-refractivity contribution in [3.8, 4) is 17.2 Å². The summed E-state index contributed by atoms with van der Waals surface area (Å²) >= 11 is 0. The maximum atomic E-state index is 12.0. The van der Waals surface area contributed by atoms with Crippen molar-refractivity contribution in [1.82, 2.24) is 0 Å². The Labute approximate surface area is 144 Å². The fourth-order valence-electron chi connectivity index (χ4n) is 3.35. The molecular weight excluding hydrogens is 322 g/mol. The molecule has 2 atom stereocenters. The number of fused-ring (bicyclic) bond motifs is 1. The van der Waals surface area contributed by atoms with Crippen LogP contribution in [-0.2, 0) is 4.79 Å². The molecule has 6 nitrogen and oxygen atoms in total. The number of carbonyl (C=O) groups is 1. The van der Waals surface area contributed by atoms with Gasteiger partial charge in [-0.05, 0) is 47.5 Å². The molecule has 4 rings (SSSR count). The van der Waals surface area contributed by atoms with Gasteiger partial charge in [-0.25, -0.2) is 0 Å². The van der Waals surface area contributed by atoms with Crippen molar-refractivity contribution in [2.24, 2.45) is 10.9 Å². The second-order valence-electron chi connectivity index (χ2n) is 5.99. The first-order valence-corrected chi connectivity index (χ1v) is 7.98. The highest BCUT2D eigenvalue weighted by Crippen LogP contribution is 2.39. The van der Waals surface area contributed by atoms with Crippen LogP contribution in [0.25, 0.3) is 0 Å². The first-order chi connectivity index (χ1) is 12.2. The van der Waals surface area contributed by atoms with E-state index in [4.69, 9.17) is 14.2 Å². The number of methoxy groups -OCH3 is 1. The van der Waals surface area contributed by atoms with E-state index in [-0.39, 0.29) is 12.7 Å². The Hall–Kier alpha value is -3.02. The number of carboxylic acid groups (broad SMARTS) is 1. The maximum Gasteiger partial charge on any atom is 0.313 e. The summed E-state index contributed by atoms with van der Waals surface area (Å²) in [6.45, 7) is 0.622. The number of carboxylic acids is 1. The van der Waals surface area contributed by atoms with Crippen LogP contribution in [0.15, 0.2) is 47.5 Å². The van der Waals surface area contributed by atoms with Crippen molar-refractivity contribution in [3.05, 3.63) is 53.6 Å². The summed E-state index contributed by atoms with van der Waals surface area (Å²) in [4.78, 5) is 16.5. The quantitative estimate of drug-likeness (QED) is 0.927. The molecule has 0 bridgehead atoms. The van der Waals surface area contributed by atoms with E-state index < -0.39 is 11.9 Å².